The van der Waals surface area contributed by atoms with Crippen molar-refractivity contribution >= 4 is 15.9 Å². The van der Waals surface area contributed by atoms with Crippen molar-refractivity contribution in [2.45, 2.75) is 44.0 Å². The lowest BCUT2D eigenvalue weighted by Crippen LogP contribution is -2.31. The molecule has 156 valence electrons. The molecule has 1 fully saturated rings. The zero-order chi connectivity index (χ0) is 21.2. The van der Waals surface area contributed by atoms with Crippen molar-refractivity contribution in [3.63, 3.8) is 0 Å². The van der Waals surface area contributed by atoms with E-state index in [4.69, 9.17) is 0 Å². The van der Waals surface area contributed by atoms with Crippen LogP contribution in [0.5, 0.6) is 0 Å². The van der Waals surface area contributed by atoms with E-state index in [1.54, 1.807) is 56.3 Å². The van der Waals surface area contributed by atoms with Crippen molar-refractivity contribution in [2.75, 3.05) is 13.1 Å². The summed E-state index contributed by atoms with van der Waals surface area (Å²) in [6.07, 6.45) is 0.639. The number of carbonyl (C=O) groups is 1. The molecule has 2 aromatic carbocycles. The van der Waals surface area contributed by atoms with Crippen LogP contribution < -0.4 is 5.32 Å². The van der Waals surface area contributed by atoms with E-state index in [9.17, 15) is 17.6 Å². The van der Waals surface area contributed by atoms with E-state index in [0.29, 0.717) is 25.1 Å². The van der Waals surface area contributed by atoms with Crippen LogP contribution in [0.4, 0.5) is 4.39 Å². The molecule has 1 amide bonds. The first-order valence-corrected chi connectivity index (χ1v) is 11.4. The third kappa shape index (κ3) is 4.51. The van der Waals surface area contributed by atoms with E-state index in [2.05, 4.69) is 5.32 Å². The number of benzene rings is 2. The number of hydrogen-bond donors (Lipinski definition) is 1. The third-order valence-electron chi connectivity index (χ3n) is 5.51. The molecule has 29 heavy (non-hydrogen) atoms. The van der Waals surface area contributed by atoms with Crippen LogP contribution in [0.3, 0.4) is 0 Å². The van der Waals surface area contributed by atoms with Crippen molar-refractivity contribution in [1.82, 2.24) is 9.62 Å². The van der Waals surface area contributed by atoms with Gasteiger partial charge in [-0.2, -0.15) is 4.31 Å². The Morgan fingerprint density at radius 3 is 2.34 bits per heavy atom. The highest BCUT2D eigenvalue weighted by molar-refractivity contribution is 7.89. The molecular formula is C22H27FN2O3S. The summed E-state index contributed by atoms with van der Waals surface area (Å²) in [5.74, 6) is -0.682. The summed E-state index contributed by atoms with van der Waals surface area (Å²) in [5.41, 5.74) is 1.41. The van der Waals surface area contributed by atoms with Crippen molar-refractivity contribution < 1.29 is 17.6 Å². The summed E-state index contributed by atoms with van der Waals surface area (Å²) >= 11 is 0. The fourth-order valence-corrected chi connectivity index (χ4v) is 5.11. The quantitative estimate of drug-likeness (QED) is 0.708. The highest BCUT2D eigenvalue weighted by Crippen LogP contribution is 2.48. The summed E-state index contributed by atoms with van der Waals surface area (Å²) in [7, 11) is -3.50. The van der Waals surface area contributed by atoms with Gasteiger partial charge in [-0.1, -0.05) is 44.2 Å². The second-order valence-corrected chi connectivity index (χ2v) is 9.30. The van der Waals surface area contributed by atoms with Gasteiger partial charge in [-0.25, -0.2) is 12.8 Å². The average molecular weight is 419 g/mol. The van der Waals surface area contributed by atoms with Gasteiger partial charge in [0.25, 0.3) is 0 Å². The summed E-state index contributed by atoms with van der Waals surface area (Å²) in [6.45, 7) is 6.29. The lowest BCUT2D eigenvalue weighted by atomic mass is 10.1. The van der Waals surface area contributed by atoms with Crippen LogP contribution in [0.1, 0.15) is 50.3 Å². The smallest absolute Gasteiger partial charge is 0.243 e. The van der Waals surface area contributed by atoms with Crippen LogP contribution in [0.15, 0.2) is 53.4 Å². The summed E-state index contributed by atoms with van der Waals surface area (Å²) in [6, 6.07) is 12.9. The lowest BCUT2D eigenvalue weighted by Gasteiger charge is -2.19. The Hall–Kier alpha value is -2.25. The summed E-state index contributed by atoms with van der Waals surface area (Å²) in [5, 5.41) is 2.96. The van der Waals surface area contributed by atoms with E-state index in [-0.39, 0.29) is 34.5 Å². The molecule has 1 N–H and O–H groups in total. The molecule has 3 rings (SSSR count). The van der Waals surface area contributed by atoms with Gasteiger partial charge in [-0.05, 0) is 48.6 Å². The fourth-order valence-electron chi connectivity index (χ4n) is 3.65. The van der Waals surface area contributed by atoms with Crippen LogP contribution >= 0.6 is 0 Å². The monoisotopic (exact) mass is 418 g/mol. The minimum Gasteiger partial charge on any atom is -0.349 e. The maximum absolute atomic E-state index is 13.9. The summed E-state index contributed by atoms with van der Waals surface area (Å²) < 4.78 is 40.5. The van der Waals surface area contributed by atoms with Gasteiger partial charge < -0.3 is 5.32 Å². The van der Waals surface area contributed by atoms with Crippen molar-refractivity contribution in [3.05, 3.63) is 65.5 Å². The number of sulfonamides is 1. The topological polar surface area (TPSA) is 66.5 Å². The molecule has 1 saturated carbocycles. The number of nitrogens with zero attached hydrogens (tertiary/aromatic N) is 1. The number of amides is 1. The van der Waals surface area contributed by atoms with Gasteiger partial charge >= 0.3 is 0 Å². The van der Waals surface area contributed by atoms with Gasteiger partial charge in [-0.15, -0.1) is 0 Å². The first-order valence-electron chi connectivity index (χ1n) is 9.94. The van der Waals surface area contributed by atoms with Crippen LogP contribution in [0.25, 0.3) is 0 Å². The number of carbonyl (C=O) groups excluding carboxylic acids is 1. The molecule has 0 spiro atoms. The van der Waals surface area contributed by atoms with E-state index in [0.717, 1.165) is 5.56 Å². The summed E-state index contributed by atoms with van der Waals surface area (Å²) in [4.78, 5) is 12.8. The minimum absolute atomic E-state index is 0.0787. The van der Waals surface area contributed by atoms with Gasteiger partial charge in [0.15, 0.2) is 0 Å². The van der Waals surface area contributed by atoms with Crippen LogP contribution in [-0.4, -0.2) is 31.7 Å². The Morgan fingerprint density at radius 2 is 1.76 bits per heavy atom. The molecule has 0 heterocycles. The Bertz CT molecular complexity index is 972. The number of halogens is 1. The van der Waals surface area contributed by atoms with Gasteiger partial charge in [0.2, 0.25) is 15.9 Å². The molecule has 7 heteroatoms. The van der Waals surface area contributed by atoms with Crippen LogP contribution in [0, 0.1) is 11.7 Å². The zero-order valence-electron chi connectivity index (χ0n) is 16.9. The molecule has 1 aliphatic rings. The Kier molecular flexibility index (Phi) is 6.39. The zero-order valence-corrected chi connectivity index (χ0v) is 17.7. The normalized spacial score (nSPS) is 19.8. The molecular weight excluding hydrogens is 391 g/mol. The van der Waals surface area contributed by atoms with E-state index in [1.807, 2.05) is 6.92 Å². The van der Waals surface area contributed by atoms with Crippen molar-refractivity contribution in [2.24, 2.45) is 5.92 Å². The van der Waals surface area contributed by atoms with E-state index in [1.165, 1.54) is 10.4 Å². The van der Waals surface area contributed by atoms with Crippen LogP contribution in [-0.2, 0) is 14.8 Å². The standard InChI is InChI=1S/C22H27FN2O3S/c1-4-25(5-2)29(27,28)17-12-10-16(11-13-17)15(3)24-22(26)20-14-19(20)18-8-6-7-9-21(18)23/h6-13,15,19-20H,4-5,14H2,1-3H3,(H,24,26). The van der Waals surface area contributed by atoms with Gasteiger partial charge in [0.1, 0.15) is 5.82 Å². The number of hydrogen-bond acceptors (Lipinski definition) is 3. The van der Waals surface area contributed by atoms with Crippen LogP contribution in [0.2, 0.25) is 0 Å². The first-order chi connectivity index (χ1) is 13.8. The maximum Gasteiger partial charge on any atom is 0.243 e. The molecule has 5 nitrogen and oxygen atoms in total. The molecule has 0 bridgehead atoms. The molecule has 3 atom stereocenters. The Labute approximate surface area is 172 Å². The largest absolute Gasteiger partial charge is 0.349 e. The molecule has 2 aromatic rings. The highest BCUT2D eigenvalue weighted by Gasteiger charge is 2.45. The second-order valence-electron chi connectivity index (χ2n) is 7.36. The third-order valence-corrected chi connectivity index (χ3v) is 7.58. The predicted octanol–water partition coefficient (Wildman–Crippen LogP) is 3.84. The van der Waals surface area contributed by atoms with E-state index >= 15 is 0 Å². The lowest BCUT2D eigenvalue weighted by molar-refractivity contribution is -0.123. The van der Waals surface area contributed by atoms with Gasteiger partial charge in [0, 0.05) is 19.0 Å². The Morgan fingerprint density at radius 1 is 1.14 bits per heavy atom. The van der Waals surface area contributed by atoms with Gasteiger partial charge in [0.05, 0.1) is 10.9 Å². The highest BCUT2D eigenvalue weighted by atomic mass is 32.2. The van der Waals surface area contributed by atoms with E-state index < -0.39 is 10.0 Å². The van der Waals surface area contributed by atoms with Gasteiger partial charge in [-0.3, -0.25) is 4.79 Å². The fraction of sp³-hybridized carbons (Fsp3) is 0.409. The first kappa shape index (κ1) is 21.5. The maximum atomic E-state index is 13.9. The molecule has 3 unspecified atom stereocenters. The SMILES string of the molecule is CCN(CC)S(=O)(=O)c1ccc(C(C)NC(=O)C2CC2c2ccccc2F)cc1. The Balaban J connectivity index is 1.64. The molecule has 1 aliphatic carbocycles. The minimum atomic E-state index is -3.50. The van der Waals surface area contributed by atoms with Crippen molar-refractivity contribution in [3.8, 4) is 0 Å². The molecule has 0 aliphatic heterocycles. The molecule has 0 aromatic heterocycles. The number of rotatable bonds is 8. The second kappa shape index (κ2) is 8.63. The van der Waals surface area contributed by atoms with Crippen molar-refractivity contribution in [1.29, 1.82) is 0 Å². The number of nitrogens with one attached hydrogen (secondary N) is 1. The molecule has 0 saturated heterocycles. The average Bonchev–Trinajstić information content (AvgIpc) is 3.50. The predicted molar refractivity (Wildman–Crippen MR) is 110 cm³/mol. The molecule has 0 radical (unpaired) electrons.